The van der Waals surface area contributed by atoms with Gasteiger partial charge in [-0.3, -0.25) is 0 Å². The zero-order valence-electron chi connectivity index (χ0n) is 18.4. The molecular weight excluding hydrogens is 420 g/mol. The van der Waals surface area contributed by atoms with Gasteiger partial charge in [0, 0.05) is 23.0 Å². The number of alkyl carbamates (subject to hydrolysis) is 1. The number of anilines is 2. The van der Waals surface area contributed by atoms with E-state index in [9.17, 15) is 4.79 Å². The first-order chi connectivity index (χ1) is 15.4. The molecule has 6 nitrogen and oxygen atoms in total. The van der Waals surface area contributed by atoms with Gasteiger partial charge >= 0.3 is 6.09 Å². The third-order valence-corrected chi connectivity index (χ3v) is 5.79. The number of aromatic nitrogens is 2. The number of fused-ring (bicyclic) bond motifs is 1. The molecule has 0 spiro atoms. The molecule has 0 aliphatic carbocycles. The SMILES string of the molecule is CC(C)(C)OC(=O)NCCc1ccc(Nc2cc(-c3cc4ccccc4s3)ncn2)cc1. The van der Waals surface area contributed by atoms with Crippen molar-refractivity contribution in [3.63, 3.8) is 0 Å². The van der Waals surface area contributed by atoms with Gasteiger partial charge in [0.1, 0.15) is 17.7 Å². The molecule has 164 valence electrons. The lowest BCUT2D eigenvalue weighted by atomic mass is 10.1. The Morgan fingerprint density at radius 2 is 1.81 bits per heavy atom. The summed E-state index contributed by atoms with van der Waals surface area (Å²) < 4.78 is 6.49. The molecule has 4 rings (SSSR count). The van der Waals surface area contributed by atoms with Crippen LogP contribution in [-0.4, -0.2) is 28.2 Å². The number of ether oxygens (including phenoxy) is 1. The molecule has 1 amide bonds. The highest BCUT2D eigenvalue weighted by Crippen LogP contribution is 2.33. The van der Waals surface area contributed by atoms with Crippen molar-refractivity contribution >= 4 is 39.0 Å². The fraction of sp³-hybridized carbons (Fsp3) is 0.240. The van der Waals surface area contributed by atoms with Gasteiger partial charge in [0.15, 0.2) is 0 Å². The molecule has 2 aromatic heterocycles. The van der Waals surface area contributed by atoms with Crippen molar-refractivity contribution in [3.8, 4) is 10.6 Å². The number of carbonyl (C=O) groups excluding carboxylic acids is 1. The molecule has 2 aromatic carbocycles. The summed E-state index contributed by atoms with van der Waals surface area (Å²) in [5.74, 6) is 0.742. The van der Waals surface area contributed by atoms with E-state index in [4.69, 9.17) is 4.74 Å². The zero-order valence-corrected chi connectivity index (χ0v) is 19.2. The van der Waals surface area contributed by atoms with Crippen LogP contribution in [0.4, 0.5) is 16.3 Å². The largest absolute Gasteiger partial charge is 0.444 e. The molecule has 2 heterocycles. The third kappa shape index (κ3) is 5.82. The summed E-state index contributed by atoms with van der Waals surface area (Å²) in [4.78, 5) is 21.6. The number of rotatable bonds is 6. The van der Waals surface area contributed by atoms with Crippen LogP contribution in [0.25, 0.3) is 20.7 Å². The van der Waals surface area contributed by atoms with Crippen LogP contribution >= 0.6 is 11.3 Å². The van der Waals surface area contributed by atoms with Gasteiger partial charge in [-0.25, -0.2) is 14.8 Å². The van der Waals surface area contributed by atoms with E-state index in [1.165, 1.54) is 10.1 Å². The monoisotopic (exact) mass is 446 g/mol. The van der Waals surface area contributed by atoms with Crippen molar-refractivity contribution in [3.05, 3.63) is 72.6 Å². The Morgan fingerprint density at radius 1 is 1.03 bits per heavy atom. The van der Waals surface area contributed by atoms with E-state index in [0.717, 1.165) is 34.1 Å². The Labute approximate surface area is 191 Å². The van der Waals surface area contributed by atoms with Crippen molar-refractivity contribution in [2.24, 2.45) is 0 Å². The van der Waals surface area contributed by atoms with Gasteiger partial charge in [-0.1, -0.05) is 30.3 Å². The molecular formula is C25H26N4O2S. The van der Waals surface area contributed by atoms with Crippen LogP contribution in [0.2, 0.25) is 0 Å². The van der Waals surface area contributed by atoms with Crippen molar-refractivity contribution in [1.82, 2.24) is 15.3 Å². The van der Waals surface area contributed by atoms with Gasteiger partial charge in [0.2, 0.25) is 0 Å². The second-order valence-corrected chi connectivity index (χ2v) is 9.52. The Hall–Kier alpha value is -3.45. The minimum Gasteiger partial charge on any atom is -0.444 e. The quantitative estimate of drug-likeness (QED) is 0.370. The number of nitrogens with zero attached hydrogens (tertiary/aromatic N) is 2. The summed E-state index contributed by atoms with van der Waals surface area (Å²) in [6.45, 7) is 6.07. The predicted molar refractivity (Wildman–Crippen MR) is 131 cm³/mol. The normalized spacial score (nSPS) is 11.3. The maximum Gasteiger partial charge on any atom is 0.407 e. The maximum absolute atomic E-state index is 11.7. The van der Waals surface area contributed by atoms with Crippen molar-refractivity contribution in [1.29, 1.82) is 0 Å². The number of nitrogens with one attached hydrogen (secondary N) is 2. The van der Waals surface area contributed by atoms with Crippen LogP contribution in [0.15, 0.2) is 67.0 Å². The molecule has 0 saturated carbocycles. The lowest BCUT2D eigenvalue weighted by molar-refractivity contribution is 0.0528. The van der Waals surface area contributed by atoms with Crippen LogP contribution < -0.4 is 10.6 Å². The van der Waals surface area contributed by atoms with E-state index >= 15 is 0 Å². The Balaban J connectivity index is 1.35. The molecule has 0 aliphatic rings. The fourth-order valence-corrected chi connectivity index (χ4v) is 4.22. The van der Waals surface area contributed by atoms with Gasteiger partial charge in [-0.2, -0.15) is 0 Å². The lowest BCUT2D eigenvalue weighted by Crippen LogP contribution is -2.33. The topological polar surface area (TPSA) is 76.1 Å². The number of thiophene rings is 1. The molecule has 0 atom stereocenters. The molecule has 7 heteroatoms. The summed E-state index contributed by atoms with van der Waals surface area (Å²) in [5, 5.41) is 7.34. The first-order valence-corrected chi connectivity index (χ1v) is 11.3. The minimum atomic E-state index is -0.491. The average molecular weight is 447 g/mol. The molecule has 4 aromatic rings. The van der Waals surface area contributed by atoms with E-state index in [1.54, 1.807) is 17.7 Å². The molecule has 0 unspecified atom stereocenters. The van der Waals surface area contributed by atoms with Crippen molar-refractivity contribution in [2.75, 3.05) is 11.9 Å². The second-order valence-electron chi connectivity index (χ2n) is 8.44. The number of benzene rings is 2. The van der Waals surface area contributed by atoms with Gasteiger partial charge in [0.25, 0.3) is 0 Å². The standard InChI is InChI=1S/C25H26N4O2S/c1-25(2,3)31-24(30)26-13-12-17-8-10-19(11-9-17)29-23-15-20(27-16-28-23)22-14-18-6-4-5-7-21(18)32-22/h4-11,14-16H,12-13H2,1-3H3,(H,26,30)(H,27,28,29). The highest BCUT2D eigenvalue weighted by atomic mass is 32.1. The van der Waals surface area contributed by atoms with Crippen molar-refractivity contribution in [2.45, 2.75) is 32.8 Å². The first-order valence-electron chi connectivity index (χ1n) is 10.5. The first kappa shape index (κ1) is 21.8. The number of hydrogen-bond donors (Lipinski definition) is 2. The Kier molecular flexibility index (Phi) is 6.37. The lowest BCUT2D eigenvalue weighted by Gasteiger charge is -2.19. The zero-order chi connectivity index (χ0) is 22.6. The number of hydrogen-bond acceptors (Lipinski definition) is 6. The fourth-order valence-electron chi connectivity index (χ4n) is 3.19. The molecule has 32 heavy (non-hydrogen) atoms. The molecule has 0 fully saturated rings. The van der Waals surface area contributed by atoms with Gasteiger partial charge < -0.3 is 15.4 Å². The van der Waals surface area contributed by atoms with E-state index < -0.39 is 11.7 Å². The minimum absolute atomic E-state index is 0.394. The van der Waals surface area contributed by atoms with Gasteiger partial charge in [-0.15, -0.1) is 11.3 Å². The highest BCUT2D eigenvalue weighted by molar-refractivity contribution is 7.22. The summed E-state index contributed by atoms with van der Waals surface area (Å²) in [7, 11) is 0. The van der Waals surface area contributed by atoms with Crippen LogP contribution in [0.3, 0.4) is 0 Å². The summed E-state index contributed by atoms with van der Waals surface area (Å²) in [6.07, 6.45) is 1.91. The van der Waals surface area contributed by atoms with Gasteiger partial charge in [0.05, 0.1) is 10.6 Å². The molecule has 0 bridgehead atoms. The summed E-state index contributed by atoms with van der Waals surface area (Å²) >= 11 is 1.72. The van der Waals surface area contributed by atoms with E-state index in [0.29, 0.717) is 6.54 Å². The smallest absolute Gasteiger partial charge is 0.407 e. The van der Waals surface area contributed by atoms with E-state index in [2.05, 4.69) is 38.8 Å². The maximum atomic E-state index is 11.7. The van der Waals surface area contributed by atoms with E-state index in [-0.39, 0.29) is 0 Å². The third-order valence-electron chi connectivity index (χ3n) is 4.65. The van der Waals surface area contributed by atoms with Crippen LogP contribution in [0, 0.1) is 0 Å². The van der Waals surface area contributed by atoms with Crippen molar-refractivity contribution < 1.29 is 9.53 Å². The molecule has 0 aliphatic heterocycles. The highest BCUT2D eigenvalue weighted by Gasteiger charge is 2.15. The summed E-state index contributed by atoms with van der Waals surface area (Å²) in [6, 6.07) is 20.5. The summed E-state index contributed by atoms with van der Waals surface area (Å²) in [5.41, 5.74) is 2.47. The Morgan fingerprint density at radius 3 is 2.56 bits per heavy atom. The number of carbonyl (C=O) groups is 1. The van der Waals surface area contributed by atoms with Gasteiger partial charge in [-0.05, 0) is 62.4 Å². The van der Waals surface area contributed by atoms with E-state index in [1.807, 2.05) is 63.2 Å². The molecule has 0 radical (unpaired) electrons. The Bertz CT molecular complexity index is 1180. The van der Waals surface area contributed by atoms with Crippen LogP contribution in [0.5, 0.6) is 0 Å². The van der Waals surface area contributed by atoms with Crippen LogP contribution in [0.1, 0.15) is 26.3 Å². The van der Waals surface area contributed by atoms with Crippen LogP contribution in [-0.2, 0) is 11.2 Å². The molecule has 0 saturated heterocycles. The number of amides is 1. The molecule has 2 N–H and O–H groups in total. The second kappa shape index (κ2) is 9.36. The average Bonchev–Trinajstić information content (AvgIpc) is 3.18. The predicted octanol–water partition coefficient (Wildman–Crippen LogP) is 6.17.